The van der Waals surface area contributed by atoms with Gasteiger partial charge in [-0.1, -0.05) is 13.8 Å². The third kappa shape index (κ3) is 10.3. The Morgan fingerprint density at radius 3 is 2.05 bits per heavy atom. The van der Waals surface area contributed by atoms with Gasteiger partial charge in [0, 0.05) is 19.4 Å². The van der Waals surface area contributed by atoms with Gasteiger partial charge >= 0.3 is 5.97 Å². The average Bonchev–Trinajstić information content (AvgIpc) is 2.43. The zero-order valence-corrected chi connectivity index (χ0v) is 12.3. The first-order valence-electron chi connectivity index (χ1n) is 6.97. The van der Waals surface area contributed by atoms with E-state index in [1.54, 1.807) is 0 Å². The minimum absolute atomic E-state index is 0.00909. The van der Waals surface area contributed by atoms with Crippen molar-refractivity contribution in [2.24, 2.45) is 0 Å². The molecule has 0 spiro atoms. The monoisotopic (exact) mass is 287 g/mol. The van der Waals surface area contributed by atoms with Crippen LogP contribution in [0.4, 0.5) is 0 Å². The van der Waals surface area contributed by atoms with Gasteiger partial charge < -0.3 is 20.6 Å². The van der Waals surface area contributed by atoms with Crippen molar-refractivity contribution in [2.75, 3.05) is 32.7 Å². The molecule has 0 rings (SSSR count). The largest absolute Gasteiger partial charge is 0.480 e. The summed E-state index contributed by atoms with van der Waals surface area (Å²) in [5.74, 6) is -1.71. The fraction of sp³-hybridized carbons (Fsp3) is 0.769. The number of hydrogen-bond donors (Lipinski definition) is 3. The van der Waals surface area contributed by atoms with Crippen LogP contribution >= 0.6 is 0 Å². The van der Waals surface area contributed by atoms with Crippen LogP contribution in [0.2, 0.25) is 0 Å². The molecule has 0 aliphatic carbocycles. The van der Waals surface area contributed by atoms with Gasteiger partial charge in [0.2, 0.25) is 11.8 Å². The number of rotatable bonds is 11. The molecule has 0 bridgehead atoms. The highest BCUT2D eigenvalue weighted by Crippen LogP contribution is 1.92. The van der Waals surface area contributed by atoms with E-state index in [1.165, 1.54) is 0 Å². The van der Waals surface area contributed by atoms with Gasteiger partial charge in [-0.25, -0.2) is 0 Å². The predicted molar refractivity (Wildman–Crippen MR) is 75.3 cm³/mol. The topological polar surface area (TPSA) is 98.7 Å². The summed E-state index contributed by atoms with van der Waals surface area (Å²) in [6.07, 6.45) is 0.963. The number of carboxylic acid groups (broad SMARTS) is 1. The maximum atomic E-state index is 11.4. The van der Waals surface area contributed by atoms with Gasteiger partial charge in [0.25, 0.3) is 0 Å². The summed E-state index contributed by atoms with van der Waals surface area (Å²) in [4.78, 5) is 35.1. The van der Waals surface area contributed by atoms with Crippen molar-refractivity contribution >= 4 is 17.8 Å². The maximum Gasteiger partial charge on any atom is 0.322 e. The van der Waals surface area contributed by atoms with E-state index >= 15 is 0 Å². The van der Waals surface area contributed by atoms with E-state index in [0.29, 0.717) is 6.54 Å². The molecule has 0 aliphatic heterocycles. The van der Waals surface area contributed by atoms with Crippen molar-refractivity contribution in [1.29, 1.82) is 0 Å². The van der Waals surface area contributed by atoms with Crippen molar-refractivity contribution in [3.05, 3.63) is 0 Å². The standard InChI is InChI=1S/C13H25N3O4/c1-3-16(4-2)9-5-8-14-11(17)6-7-12(18)15-10-13(19)20/h3-10H2,1-2H3,(H,14,17)(H,15,18)(H,19,20). The zero-order chi connectivity index (χ0) is 15.4. The Bertz CT molecular complexity index is 317. The summed E-state index contributed by atoms with van der Waals surface area (Å²) < 4.78 is 0. The van der Waals surface area contributed by atoms with Crippen LogP contribution in [0.25, 0.3) is 0 Å². The fourth-order valence-electron chi connectivity index (χ4n) is 1.65. The Morgan fingerprint density at radius 2 is 1.55 bits per heavy atom. The number of hydrogen-bond acceptors (Lipinski definition) is 4. The van der Waals surface area contributed by atoms with E-state index in [-0.39, 0.29) is 18.7 Å². The van der Waals surface area contributed by atoms with Gasteiger partial charge in [0.05, 0.1) is 0 Å². The SMILES string of the molecule is CCN(CC)CCCNC(=O)CCC(=O)NCC(=O)O. The third-order valence-corrected chi connectivity index (χ3v) is 2.88. The van der Waals surface area contributed by atoms with Crippen LogP contribution in [0.5, 0.6) is 0 Å². The molecule has 0 radical (unpaired) electrons. The second kappa shape index (κ2) is 11.2. The van der Waals surface area contributed by atoms with E-state index < -0.39 is 18.4 Å². The number of aliphatic carboxylic acids is 1. The third-order valence-electron chi connectivity index (χ3n) is 2.88. The normalized spacial score (nSPS) is 10.3. The van der Waals surface area contributed by atoms with Gasteiger partial charge in [0.15, 0.2) is 0 Å². The first kappa shape index (κ1) is 18.4. The van der Waals surface area contributed by atoms with Crippen molar-refractivity contribution in [2.45, 2.75) is 33.1 Å². The van der Waals surface area contributed by atoms with E-state index in [0.717, 1.165) is 26.1 Å². The number of amides is 2. The van der Waals surface area contributed by atoms with Gasteiger partial charge in [-0.2, -0.15) is 0 Å². The first-order valence-corrected chi connectivity index (χ1v) is 6.97. The summed E-state index contributed by atoms with van der Waals surface area (Å²) in [5.41, 5.74) is 0. The minimum Gasteiger partial charge on any atom is -0.480 e. The highest BCUT2D eigenvalue weighted by atomic mass is 16.4. The molecule has 0 unspecified atom stereocenters. The second-order valence-corrected chi connectivity index (χ2v) is 4.40. The van der Waals surface area contributed by atoms with E-state index in [4.69, 9.17) is 5.11 Å². The molecule has 2 amide bonds. The summed E-state index contributed by atoms with van der Waals surface area (Å²) in [6.45, 7) is 7.29. The Balaban J connectivity index is 3.59. The number of carbonyl (C=O) groups excluding carboxylic acids is 2. The number of nitrogens with one attached hydrogen (secondary N) is 2. The summed E-state index contributed by atoms with van der Waals surface area (Å²) in [5, 5.41) is 13.3. The molecule has 0 aromatic heterocycles. The van der Waals surface area contributed by atoms with E-state index in [2.05, 4.69) is 29.4 Å². The number of carboxylic acids is 1. The molecule has 0 aliphatic rings. The molecule has 3 N–H and O–H groups in total. The van der Waals surface area contributed by atoms with Crippen molar-refractivity contribution < 1.29 is 19.5 Å². The van der Waals surface area contributed by atoms with Crippen LogP contribution < -0.4 is 10.6 Å². The molecule has 0 aromatic rings. The van der Waals surface area contributed by atoms with Crippen molar-refractivity contribution in [3.8, 4) is 0 Å². The van der Waals surface area contributed by atoms with Crippen LogP contribution in [0, 0.1) is 0 Å². The van der Waals surface area contributed by atoms with E-state index in [9.17, 15) is 14.4 Å². The smallest absolute Gasteiger partial charge is 0.322 e. The molecule has 20 heavy (non-hydrogen) atoms. The lowest BCUT2D eigenvalue weighted by atomic mass is 10.2. The Morgan fingerprint density at radius 1 is 1.00 bits per heavy atom. The summed E-state index contributed by atoms with van der Waals surface area (Å²) in [6, 6.07) is 0. The minimum atomic E-state index is -1.10. The molecule has 7 heteroatoms. The molecule has 116 valence electrons. The molecular weight excluding hydrogens is 262 g/mol. The maximum absolute atomic E-state index is 11.4. The summed E-state index contributed by atoms with van der Waals surface area (Å²) >= 11 is 0. The van der Waals surface area contributed by atoms with Gasteiger partial charge in [-0.05, 0) is 26.1 Å². The van der Waals surface area contributed by atoms with E-state index in [1.807, 2.05) is 0 Å². The Kier molecular flexibility index (Phi) is 10.3. The molecule has 0 aromatic carbocycles. The molecule has 0 atom stereocenters. The molecular formula is C13H25N3O4. The average molecular weight is 287 g/mol. The molecule has 0 saturated heterocycles. The van der Waals surface area contributed by atoms with Crippen molar-refractivity contribution in [3.63, 3.8) is 0 Å². The Hall–Kier alpha value is -1.63. The van der Waals surface area contributed by atoms with Gasteiger partial charge in [-0.3, -0.25) is 14.4 Å². The van der Waals surface area contributed by atoms with Crippen LogP contribution in [-0.2, 0) is 14.4 Å². The number of carbonyl (C=O) groups is 3. The van der Waals surface area contributed by atoms with Gasteiger partial charge in [-0.15, -0.1) is 0 Å². The number of nitrogens with zero attached hydrogens (tertiary/aromatic N) is 1. The van der Waals surface area contributed by atoms with Crippen LogP contribution in [-0.4, -0.2) is 60.5 Å². The molecule has 0 heterocycles. The predicted octanol–water partition coefficient (Wildman–Crippen LogP) is -0.184. The lowest BCUT2D eigenvalue weighted by Crippen LogP contribution is -2.32. The van der Waals surface area contributed by atoms with Crippen molar-refractivity contribution in [1.82, 2.24) is 15.5 Å². The Labute approximate surface area is 119 Å². The lowest BCUT2D eigenvalue weighted by molar-refractivity contribution is -0.138. The lowest BCUT2D eigenvalue weighted by Gasteiger charge is -2.17. The summed E-state index contributed by atoms with van der Waals surface area (Å²) in [7, 11) is 0. The molecule has 7 nitrogen and oxygen atoms in total. The molecule has 0 saturated carbocycles. The van der Waals surface area contributed by atoms with Crippen LogP contribution in [0.15, 0.2) is 0 Å². The van der Waals surface area contributed by atoms with Crippen LogP contribution in [0.1, 0.15) is 33.1 Å². The van der Waals surface area contributed by atoms with Gasteiger partial charge in [0.1, 0.15) is 6.54 Å². The van der Waals surface area contributed by atoms with Crippen LogP contribution in [0.3, 0.4) is 0 Å². The first-order chi connectivity index (χ1) is 9.49. The molecule has 0 fully saturated rings. The zero-order valence-electron chi connectivity index (χ0n) is 12.3. The second-order valence-electron chi connectivity index (χ2n) is 4.40. The highest BCUT2D eigenvalue weighted by Gasteiger charge is 2.07. The fourth-order valence-corrected chi connectivity index (χ4v) is 1.65. The quantitative estimate of drug-likeness (QED) is 0.458. The highest BCUT2D eigenvalue weighted by molar-refractivity contribution is 5.85.